The molecule has 1 saturated heterocycles. The monoisotopic (exact) mass is 383 g/mol. The highest BCUT2D eigenvalue weighted by atomic mass is 32.2. The van der Waals surface area contributed by atoms with E-state index >= 15 is 0 Å². The van der Waals surface area contributed by atoms with Crippen molar-refractivity contribution in [3.63, 3.8) is 0 Å². The first kappa shape index (κ1) is 19.5. The molecule has 10 heteroatoms. The number of piperazine rings is 1. The van der Waals surface area contributed by atoms with Crippen LogP contribution >= 0.6 is 11.8 Å². The zero-order chi connectivity index (χ0) is 17.8. The molecule has 0 radical (unpaired) electrons. The fourth-order valence-electron chi connectivity index (χ4n) is 2.55. The van der Waals surface area contributed by atoms with Crippen molar-refractivity contribution in [2.75, 3.05) is 39.0 Å². The van der Waals surface area contributed by atoms with E-state index in [1.54, 1.807) is 24.5 Å². The highest BCUT2D eigenvalue weighted by molar-refractivity contribution is 7.99. The van der Waals surface area contributed by atoms with Crippen LogP contribution in [0.5, 0.6) is 0 Å². The van der Waals surface area contributed by atoms with E-state index < -0.39 is 28.8 Å². The third-order valence-electron chi connectivity index (χ3n) is 3.80. The van der Waals surface area contributed by atoms with Crippen molar-refractivity contribution in [2.24, 2.45) is 0 Å². The molecule has 1 aliphatic rings. The Balaban J connectivity index is 2.15. The van der Waals surface area contributed by atoms with Gasteiger partial charge in [-0.3, -0.25) is 4.90 Å². The van der Waals surface area contributed by atoms with Gasteiger partial charge in [0.05, 0.1) is 4.90 Å². The summed E-state index contributed by atoms with van der Waals surface area (Å²) in [6.45, 7) is 0.665. The summed E-state index contributed by atoms with van der Waals surface area (Å²) < 4.78 is 66.9. The summed E-state index contributed by atoms with van der Waals surface area (Å²) in [5.41, 5.74) is 0. The molecule has 5 nitrogen and oxygen atoms in total. The minimum absolute atomic E-state index is 0.00117. The van der Waals surface area contributed by atoms with Crippen molar-refractivity contribution in [3.05, 3.63) is 24.3 Å². The number of nitrogens with zero attached hydrogens (tertiary/aromatic N) is 1. The number of rotatable bonds is 6. The zero-order valence-corrected chi connectivity index (χ0v) is 14.8. The SMILES string of the molecule is CSc1ccccc1S(=O)(=O)NCC(N1CCNCC1)C(F)(F)F. The van der Waals surface area contributed by atoms with Crippen molar-refractivity contribution in [1.29, 1.82) is 0 Å². The predicted octanol–water partition coefficient (Wildman–Crippen LogP) is 1.52. The summed E-state index contributed by atoms with van der Waals surface area (Å²) in [4.78, 5) is 1.76. The van der Waals surface area contributed by atoms with Crippen LogP contribution in [-0.4, -0.2) is 64.5 Å². The third kappa shape index (κ3) is 4.85. The Morgan fingerprint density at radius 1 is 1.29 bits per heavy atom. The number of alkyl halides is 3. The van der Waals surface area contributed by atoms with Crippen LogP contribution in [0.2, 0.25) is 0 Å². The normalized spacial score (nSPS) is 18.5. The van der Waals surface area contributed by atoms with Gasteiger partial charge < -0.3 is 5.32 Å². The van der Waals surface area contributed by atoms with Crippen molar-refractivity contribution in [3.8, 4) is 0 Å². The number of hydrogen-bond acceptors (Lipinski definition) is 5. The Bertz CT molecular complexity index is 647. The molecule has 0 saturated carbocycles. The summed E-state index contributed by atoms with van der Waals surface area (Å²) in [6, 6.07) is 4.41. The molecular weight excluding hydrogens is 363 g/mol. The van der Waals surface area contributed by atoms with E-state index in [1.807, 2.05) is 0 Å². The van der Waals surface area contributed by atoms with Gasteiger partial charge in [-0.05, 0) is 18.4 Å². The second-order valence-electron chi connectivity index (χ2n) is 5.35. The number of hydrogen-bond donors (Lipinski definition) is 2. The van der Waals surface area contributed by atoms with Crippen LogP contribution in [0.3, 0.4) is 0 Å². The second-order valence-corrected chi connectivity index (χ2v) is 7.93. The van der Waals surface area contributed by atoms with Gasteiger partial charge in [0.25, 0.3) is 0 Å². The van der Waals surface area contributed by atoms with Gasteiger partial charge in [-0.2, -0.15) is 13.2 Å². The fraction of sp³-hybridized carbons (Fsp3) is 0.571. The smallest absolute Gasteiger partial charge is 0.314 e. The highest BCUT2D eigenvalue weighted by Crippen LogP contribution is 2.27. The quantitative estimate of drug-likeness (QED) is 0.730. The lowest BCUT2D eigenvalue weighted by atomic mass is 10.2. The molecule has 1 aromatic carbocycles. The molecule has 0 spiro atoms. The first-order chi connectivity index (χ1) is 11.3. The standard InChI is InChI=1S/C14H20F3N3O2S2/c1-23-11-4-2-3-5-12(11)24(21,22)19-10-13(14(15,16)17)20-8-6-18-7-9-20/h2-5,13,18-19H,6-10H2,1H3. The van der Waals surface area contributed by atoms with E-state index in [9.17, 15) is 21.6 Å². The van der Waals surface area contributed by atoms with E-state index in [0.717, 1.165) is 0 Å². The first-order valence-corrected chi connectivity index (χ1v) is 10.1. The summed E-state index contributed by atoms with van der Waals surface area (Å²) in [6.07, 6.45) is -2.79. The molecule has 2 rings (SSSR count). The largest absolute Gasteiger partial charge is 0.405 e. The molecule has 0 bridgehead atoms. The molecule has 24 heavy (non-hydrogen) atoms. The van der Waals surface area contributed by atoms with Gasteiger partial charge in [0.15, 0.2) is 0 Å². The van der Waals surface area contributed by atoms with Crippen molar-refractivity contribution in [1.82, 2.24) is 14.9 Å². The molecule has 1 atom stereocenters. The van der Waals surface area contributed by atoms with Crippen LogP contribution in [-0.2, 0) is 10.0 Å². The maximum atomic E-state index is 13.3. The molecular formula is C14H20F3N3O2S2. The summed E-state index contributed by atoms with van der Waals surface area (Å²) in [7, 11) is -4.01. The van der Waals surface area contributed by atoms with E-state index in [-0.39, 0.29) is 18.0 Å². The number of nitrogens with one attached hydrogen (secondary N) is 2. The predicted molar refractivity (Wildman–Crippen MR) is 87.7 cm³/mol. The molecule has 1 unspecified atom stereocenters. The van der Waals surface area contributed by atoms with E-state index in [1.165, 1.54) is 22.7 Å². The van der Waals surface area contributed by atoms with E-state index in [0.29, 0.717) is 18.0 Å². The van der Waals surface area contributed by atoms with Gasteiger partial charge in [-0.25, -0.2) is 13.1 Å². The Morgan fingerprint density at radius 2 is 1.92 bits per heavy atom. The van der Waals surface area contributed by atoms with Gasteiger partial charge in [-0.1, -0.05) is 12.1 Å². The number of halogens is 3. The first-order valence-electron chi connectivity index (χ1n) is 7.40. The maximum Gasteiger partial charge on any atom is 0.405 e. The molecule has 0 aromatic heterocycles. The number of thioether (sulfide) groups is 1. The maximum absolute atomic E-state index is 13.3. The van der Waals surface area contributed by atoms with E-state index in [4.69, 9.17) is 0 Å². The number of sulfonamides is 1. The third-order valence-corrected chi connectivity index (χ3v) is 6.20. The molecule has 1 aliphatic heterocycles. The Hall–Kier alpha value is -0.810. The van der Waals surface area contributed by atoms with Crippen molar-refractivity contribution < 1.29 is 21.6 Å². The van der Waals surface area contributed by atoms with Crippen molar-refractivity contribution >= 4 is 21.8 Å². The lowest BCUT2D eigenvalue weighted by Gasteiger charge is -2.35. The highest BCUT2D eigenvalue weighted by Gasteiger charge is 2.44. The summed E-state index contributed by atoms with van der Waals surface area (Å²) >= 11 is 1.23. The lowest BCUT2D eigenvalue weighted by Crippen LogP contribution is -2.57. The Kier molecular flexibility index (Phi) is 6.54. The molecule has 0 aliphatic carbocycles. The molecule has 2 N–H and O–H groups in total. The van der Waals surface area contributed by atoms with Crippen LogP contribution < -0.4 is 10.0 Å². The Labute approximate surface area is 144 Å². The second kappa shape index (κ2) is 8.05. The Morgan fingerprint density at radius 3 is 2.50 bits per heavy atom. The lowest BCUT2D eigenvalue weighted by molar-refractivity contribution is -0.182. The average molecular weight is 383 g/mol. The van der Waals surface area contributed by atoms with Gasteiger partial charge in [0, 0.05) is 37.6 Å². The van der Waals surface area contributed by atoms with E-state index in [2.05, 4.69) is 10.0 Å². The molecule has 0 amide bonds. The average Bonchev–Trinajstić information content (AvgIpc) is 2.54. The topological polar surface area (TPSA) is 61.4 Å². The van der Waals surface area contributed by atoms with Crippen LogP contribution in [0.1, 0.15) is 0 Å². The summed E-state index contributed by atoms with van der Waals surface area (Å²) in [5.74, 6) is 0. The van der Waals surface area contributed by atoms with Gasteiger partial charge in [-0.15, -0.1) is 11.8 Å². The molecule has 1 fully saturated rings. The van der Waals surface area contributed by atoms with Gasteiger partial charge in [0.2, 0.25) is 10.0 Å². The van der Waals surface area contributed by atoms with Crippen LogP contribution in [0.4, 0.5) is 13.2 Å². The van der Waals surface area contributed by atoms with Crippen molar-refractivity contribution in [2.45, 2.75) is 22.0 Å². The van der Waals surface area contributed by atoms with Crippen LogP contribution in [0, 0.1) is 0 Å². The van der Waals surface area contributed by atoms with Gasteiger partial charge >= 0.3 is 6.18 Å². The molecule has 1 aromatic rings. The number of benzene rings is 1. The van der Waals surface area contributed by atoms with Crippen LogP contribution in [0.25, 0.3) is 0 Å². The minimum atomic E-state index is -4.50. The molecule has 136 valence electrons. The fourth-order valence-corrected chi connectivity index (χ4v) is 4.74. The molecule has 1 heterocycles. The zero-order valence-electron chi connectivity index (χ0n) is 13.1. The van der Waals surface area contributed by atoms with Gasteiger partial charge in [0.1, 0.15) is 6.04 Å². The van der Waals surface area contributed by atoms with Crippen LogP contribution in [0.15, 0.2) is 34.1 Å². The summed E-state index contributed by atoms with van der Waals surface area (Å²) in [5, 5.41) is 2.98. The minimum Gasteiger partial charge on any atom is -0.314 e.